The van der Waals surface area contributed by atoms with Gasteiger partial charge < -0.3 is 14.8 Å². The van der Waals surface area contributed by atoms with E-state index in [2.05, 4.69) is 43.4 Å². The molecule has 0 radical (unpaired) electrons. The van der Waals surface area contributed by atoms with Crippen molar-refractivity contribution in [2.24, 2.45) is 5.92 Å². The highest BCUT2D eigenvalue weighted by molar-refractivity contribution is 5.32. The van der Waals surface area contributed by atoms with Crippen LogP contribution in [0.2, 0.25) is 0 Å². The van der Waals surface area contributed by atoms with Gasteiger partial charge in [0.2, 0.25) is 0 Å². The third-order valence-corrected chi connectivity index (χ3v) is 3.49. The molecule has 1 fully saturated rings. The van der Waals surface area contributed by atoms with Crippen LogP contribution in [-0.4, -0.2) is 32.9 Å². The van der Waals surface area contributed by atoms with E-state index in [1.54, 1.807) is 7.11 Å². The van der Waals surface area contributed by atoms with Gasteiger partial charge in [0.1, 0.15) is 5.75 Å². The average molecular weight is 263 g/mol. The molecular formula is C16H25NO2. The number of hydrogen-bond donors (Lipinski definition) is 1. The summed E-state index contributed by atoms with van der Waals surface area (Å²) in [5, 5.41) is 3.44. The minimum atomic E-state index is 0.240. The number of ether oxygens (including phenoxy) is 2. The van der Waals surface area contributed by atoms with E-state index in [-0.39, 0.29) is 6.10 Å². The molecule has 1 aliphatic rings. The molecule has 2 rings (SSSR count). The Morgan fingerprint density at radius 3 is 2.63 bits per heavy atom. The Hall–Kier alpha value is -1.06. The maximum atomic E-state index is 5.66. The van der Waals surface area contributed by atoms with Gasteiger partial charge in [0.15, 0.2) is 0 Å². The Balaban J connectivity index is 1.74. The molecule has 0 amide bonds. The van der Waals surface area contributed by atoms with Crippen molar-refractivity contribution in [3.05, 3.63) is 29.8 Å². The van der Waals surface area contributed by atoms with E-state index >= 15 is 0 Å². The summed E-state index contributed by atoms with van der Waals surface area (Å²) in [6.07, 6.45) is 1.54. The van der Waals surface area contributed by atoms with Crippen LogP contribution in [0.1, 0.15) is 31.7 Å². The van der Waals surface area contributed by atoms with Crippen LogP contribution >= 0.6 is 0 Å². The summed E-state index contributed by atoms with van der Waals surface area (Å²) in [5.41, 5.74) is 1.44. The first-order chi connectivity index (χ1) is 9.20. The molecule has 3 nitrogen and oxygen atoms in total. The van der Waals surface area contributed by atoms with Gasteiger partial charge in [0.05, 0.1) is 12.7 Å². The number of methoxy groups -OCH3 is 1. The maximum Gasteiger partial charge on any atom is 0.119 e. The first-order valence-corrected chi connectivity index (χ1v) is 7.17. The molecule has 1 aromatic carbocycles. The van der Waals surface area contributed by atoms with E-state index < -0.39 is 0 Å². The Bertz CT molecular complexity index is 375. The average Bonchev–Trinajstić information content (AvgIpc) is 3.14. The lowest BCUT2D eigenvalue weighted by atomic mass is 10.1. The zero-order chi connectivity index (χ0) is 13.7. The molecule has 1 aliphatic carbocycles. The number of rotatable bonds is 8. The minimum Gasteiger partial charge on any atom is -0.491 e. The Morgan fingerprint density at radius 1 is 1.26 bits per heavy atom. The molecule has 2 unspecified atom stereocenters. The third kappa shape index (κ3) is 4.51. The second kappa shape index (κ2) is 6.92. The van der Waals surface area contributed by atoms with E-state index in [9.17, 15) is 0 Å². The summed E-state index contributed by atoms with van der Waals surface area (Å²) in [6.45, 7) is 6.94. The van der Waals surface area contributed by atoms with E-state index in [0.717, 1.165) is 37.3 Å². The molecular weight excluding hydrogens is 238 g/mol. The summed E-state index contributed by atoms with van der Waals surface area (Å²) in [4.78, 5) is 0. The first kappa shape index (κ1) is 14.4. The molecule has 1 N–H and O–H groups in total. The molecule has 1 saturated carbocycles. The van der Waals surface area contributed by atoms with Gasteiger partial charge in [-0.05, 0) is 56.3 Å². The molecule has 0 heterocycles. The van der Waals surface area contributed by atoms with Gasteiger partial charge in [0, 0.05) is 13.7 Å². The van der Waals surface area contributed by atoms with Crippen LogP contribution in [0.4, 0.5) is 0 Å². The quantitative estimate of drug-likeness (QED) is 0.732. The predicted molar refractivity (Wildman–Crippen MR) is 77.8 cm³/mol. The zero-order valence-corrected chi connectivity index (χ0v) is 12.2. The van der Waals surface area contributed by atoms with Crippen LogP contribution in [0.25, 0.3) is 0 Å². The van der Waals surface area contributed by atoms with Crippen LogP contribution in [0.15, 0.2) is 24.3 Å². The van der Waals surface area contributed by atoms with E-state index in [1.807, 2.05) is 0 Å². The Morgan fingerprint density at radius 2 is 2.00 bits per heavy atom. The lowest BCUT2D eigenvalue weighted by molar-refractivity contribution is 0.199. The Kier molecular flexibility index (Phi) is 5.23. The smallest absolute Gasteiger partial charge is 0.119 e. The third-order valence-electron chi connectivity index (χ3n) is 3.49. The highest BCUT2D eigenvalue weighted by Gasteiger charge is 2.37. The zero-order valence-electron chi connectivity index (χ0n) is 12.2. The summed E-state index contributed by atoms with van der Waals surface area (Å²) < 4.78 is 10.7. The number of nitrogens with one attached hydrogen (secondary N) is 1. The minimum absolute atomic E-state index is 0.240. The molecule has 106 valence electrons. The fraction of sp³-hybridized carbons (Fsp3) is 0.625. The molecule has 0 bridgehead atoms. The van der Waals surface area contributed by atoms with Gasteiger partial charge >= 0.3 is 0 Å². The second-order valence-corrected chi connectivity index (χ2v) is 5.53. The van der Waals surface area contributed by atoms with Gasteiger partial charge in [-0.25, -0.2) is 0 Å². The fourth-order valence-electron chi connectivity index (χ4n) is 2.41. The summed E-state index contributed by atoms with van der Waals surface area (Å²) in [6, 6.07) is 8.58. The summed E-state index contributed by atoms with van der Waals surface area (Å²) >= 11 is 0. The molecule has 2 atom stereocenters. The predicted octanol–water partition coefficient (Wildman–Crippen LogP) is 2.81. The molecule has 0 saturated heterocycles. The van der Waals surface area contributed by atoms with E-state index in [1.165, 1.54) is 12.0 Å². The van der Waals surface area contributed by atoms with Crippen molar-refractivity contribution in [2.45, 2.75) is 32.3 Å². The molecule has 1 aromatic rings. The lowest BCUT2D eigenvalue weighted by Gasteiger charge is -2.10. The molecule has 3 heteroatoms. The van der Waals surface area contributed by atoms with Gasteiger partial charge in [-0.15, -0.1) is 0 Å². The standard InChI is InChI=1S/C16H25NO2/c1-12(2)19-15-6-4-13(5-7-15)16-10-14(16)11-17-8-9-18-3/h4-7,12,14,16-17H,8-11H2,1-3H3. The maximum absolute atomic E-state index is 5.66. The topological polar surface area (TPSA) is 30.5 Å². The van der Waals surface area contributed by atoms with Gasteiger partial charge in [-0.1, -0.05) is 12.1 Å². The van der Waals surface area contributed by atoms with Gasteiger partial charge in [0.25, 0.3) is 0 Å². The summed E-state index contributed by atoms with van der Waals surface area (Å²) in [5.74, 6) is 2.48. The largest absolute Gasteiger partial charge is 0.491 e. The van der Waals surface area contributed by atoms with Crippen molar-refractivity contribution in [3.8, 4) is 5.75 Å². The van der Waals surface area contributed by atoms with Crippen molar-refractivity contribution in [1.29, 1.82) is 0 Å². The SMILES string of the molecule is COCCNCC1CC1c1ccc(OC(C)C)cc1. The van der Waals surface area contributed by atoms with Gasteiger partial charge in [-0.3, -0.25) is 0 Å². The van der Waals surface area contributed by atoms with Crippen molar-refractivity contribution in [2.75, 3.05) is 26.8 Å². The van der Waals surface area contributed by atoms with E-state index in [4.69, 9.17) is 9.47 Å². The van der Waals surface area contributed by atoms with Crippen molar-refractivity contribution in [1.82, 2.24) is 5.32 Å². The number of hydrogen-bond acceptors (Lipinski definition) is 3. The number of benzene rings is 1. The van der Waals surface area contributed by atoms with Crippen LogP contribution in [-0.2, 0) is 4.74 Å². The van der Waals surface area contributed by atoms with Crippen LogP contribution < -0.4 is 10.1 Å². The van der Waals surface area contributed by atoms with Crippen LogP contribution in [0.3, 0.4) is 0 Å². The molecule has 0 spiro atoms. The lowest BCUT2D eigenvalue weighted by Crippen LogP contribution is -2.21. The highest BCUT2D eigenvalue weighted by atomic mass is 16.5. The molecule has 0 aromatic heterocycles. The second-order valence-electron chi connectivity index (χ2n) is 5.53. The van der Waals surface area contributed by atoms with Crippen LogP contribution in [0, 0.1) is 5.92 Å². The fourth-order valence-corrected chi connectivity index (χ4v) is 2.41. The molecule has 0 aliphatic heterocycles. The van der Waals surface area contributed by atoms with Crippen LogP contribution in [0.5, 0.6) is 5.75 Å². The normalized spacial score (nSPS) is 21.7. The van der Waals surface area contributed by atoms with E-state index in [0.29, 0.717) is 0 Å². The van der Waals surface area contributed by atoms with Crippen molar-refractivity contribution >= 4 is 0 Å². The molecule has 19 heavy (non-hydrogen) atoms. The van der Waals surface area contributed by atoms with Crippen molar-refractivity contribution < 1.29 is 9.47 Å². The first-order valence-electron chi connectivity index (χ1n) is 7.17. The summed E-state index contributed by atoms with van der Waals surface area (Å²) in [7, 11) is 1.74. The Labute approximate surface area is 116 Å². The highest BCUT2D eigenvalue weighted by Crippen LogP contribution is 2.47. The van der Waals surface area contributed by atoms with Crippen molar-refractivity contribution in [3.63, 3.8) is 0 Å². The monoisotopic (exact) mass is 263 g/mol. The van der Waals surface area contributed by atoms with Gasteiger partial charge in [-0.2, -0.15) is 0 Å².